The number of rotatable bonds is 8. The summed E-state index contributed by atoms with van der Waals surface area (Å²) in [4.78, 5) is 23.4. The first-order valence-corrected chi connectivity index (χ1v) is 6.61. The number of methoxy groups -OCH3 is 1. The van der Waals surface area contributed by atoms with Gasteiger partial charge < -0.3 is 15.2 Å². The van der Waals surface area contributed by atoms with Gasteiger partial charge in [-0.15, -0.1) is 0 Å². The van der Waals surface area contributed by atoms with Gasteiger partial charge in [0.05, 0.1) is 19.3 Å². The molecular weight excluding hydrogens is 262 g/mol. The van der Waals surface area contributed by atoms with Crippen molar-refractivity contribution in [1.82, 2.24) is 15.1 Å². The summed E-state index contributed by atoms with van der Waals surface area (Å²) in [6, 6.07) is 2.69. The first kappa shape index (κ1) is 16.3. The Bertz CT molecular complexity index is 487. The molecular formula is C13H21N3O4. The van der Waals surface area contributed by atoms with E-state index in [9.17, 15) is 14.7 Å². The Balaban J connectivity index is 2.61. The fraction of sp³-hybridized carbons (Fsp3) is 0.615. The highest BCUT2D eigenvalue weighted by atomic mass is 16.5. The zero-order valence-electron chi connectivity index (χ0n) is 11.8. The number of carbonyl (C=O) groups excluding carboxylic acids is 1. The molecule has 112 valence electrons. The summed E-state index contributed by atoms with van der Waals surface area (Å²) in [6.07, 6.45) is 0.723. The summed E-state index contributed by atoms with van der Waals surface area (Å²) >= 11 is 0. The Labute approximate surface area is 117 Å². The summed E-state index contributed by atoms with van der Waals surface area (Å²) < 4.78 is 6.07. The molecule has 7 nitrogen and oxygen atoms in total. The molecule has 7 heteroatoms. The Morgan fingerprint density at radius 1 is 1.55 bits per heavy atom. The molecule has 0 aliphatic rings. The molecule has 2 N–H and O–H groups in total. The number of hydrogen-bond acceptors (Lipinski definition) is 5. The van der Waals surface area contributed by atoms with Gasteiger partial charge in [-0.25, -0.2) is 4.68 Å². The second-order valence-electron chi connectivity index (χ2n) is 4.38. The van der Waals surface area contributed by atoms with Gasteiger partial charge in [-0.3, -0.25) is 9.59 Å². The minimum absolute atomic E-state index is 0.173. The molecule has 1 heterocycles. The third-order valence-electron chi connectivity index (χ3n) is 2.84. The van der Waals surface area contributed by atoms with E-state index in [0.29, 0.717) is 32.5 Å². The van der Waals surface area contributed by atoms with Gasteiger partial charge in [0.2, 0.25) is 0 Å². The van der Waals surface area contributed by atoms with Crippen molar-refractivity contribution in [2.24, 2.45) is 0 Å². The Hall–Kier alpha value is -1.73. The summed E-state index contributed by atoms with van der Waals surface area (Å²) in [5.41, 5.74) is -0.105. The van der Waals surface area contributed by atoms with Crippen molar-refractivity contribution in [2.75, 3.05) is 20.3 Å². The van der Waals surface area contributed by atoms with E-state index in [1.165, 1.54) is 23.9 Å². The molecule has 0 radical (unpaired) electrons. The quantitative estimate of drug-likeness (QED) is 0.688. The zero-order valence-corrected chi connectivity index (χ0v) is 11.8. The first-order valence-electron chi connectivity index (χ1n) is 6.61. The molecule has 0 fully saturated rings. The maximum atomic E-state index is 11.8. The molecule has 0 spiro atoms. The number of aromatic nitrogens is 2. The molecule has 1 atom stereocenters. The third-order valence-corrected chi connectivity index (χ3v) is 2.84. The lowest BCUT2D eigenvalue weighted by atomic mass is 10.2. The minimum Gasteiger partial charge on any atom is -0.393 e. The lowest BCUT2D eigenvalue weighted by molar-refractivity contribution is 0.0933. The average molecular weight is 283 g/mol. The molecule has 20 heavy (non-hydrogen) atoms. The van der Waals surface area contributed by atoms with Crippen LogP contribution in [0.2, 0.25) is 0 Å². The van der Waals surface area contributed by atoms with Crippen LogP contribution < -0.4 is 10.9 Å². The fourth-order valence-corrected chi connectivity index (χ4v) is 1.55. The first-order chi connectivity index (χ1) is 9.58. The van der Waals surface area contributed by atoms with Crippen LogP contribution in [0.4, 0.5) is 0 Å². The van der Waals surface area contributed by atoms with Gasteiger partial charge in [0, 0.05) is 19.7 Å². The summed E-state index contributed by atoms with van der Waals surface area (Å²) in [7, 11) is 1.53. The molecule has 0 aromatic carbocycles. The van der Waals surface area contributed by atoms with Gasteiger partial charge in [0.15, 0.2) is 0 Å². The molecule has 1 amide bonds. The average Bonchev–Trinajstić information content (AvgIpc) is 2.46. The zero-order chi connectivity index (χ0) is 15.0. The largest absolute Gasteiger partial charge is 0.393 e. The number of hydrogen-bond donors (Lipinski definition) is 2. The lowest BCUT2D eigenvalue weighted by Crippen LogP contribution is -2.31. The standard InChI is InChI=1S/C13H21N3O4/c1-3-10(17)6-7-14-13(19)11-4-5-12(18)16(15-11)8-9-20-2/h4-5,10,17H,3,6-9H2,1-2H3,(H,14,19). The molecule has 0 saturated heterocycles. The van der Waals surface area contributed by atoms with Crippen molar-refractivity contribution in [2.45, 2.75) is 32.4 Å². The lowest BCUT2D eigenvalue weighted by Gasteiger charge is -2.09. The van der Waals surface area contributed by atoms with Crippen molar-refractivity contribution in [3.05, 3.63) is 28.2 Å². The van der Waals surface area contributed by atoms with Crippen LogP contribution in [0.3, 0.4) is 0 Å². The molecule has 0 aliphatic carbocycles. The Kier molecular flexibility index (Phi) is 6.89. The van der Waals surface area contributed by atoms with Crippen molar-refractivity contribution in [3.8, 4) is 0 Å². The van der Waals surface area contributed by atoms with Crippen LogP contribution in [0.25, 0.3) is 0 Å². The molecule has 1 rings (SSSR count). The highest BCUT2D eigenvalue weighted by Gasteiger charge is 2.10. The molecule has 0 aliphatic heterocycles. The van der Waals surface area contributed by atoms with Crippen LogP contribution in [0.15, 0.2) is 16.9 Å². The van der Waals surface area contributed by atoms with Crippen LogP contribution in [0.1, 0.15) is 30.3 Å². The van der Waals surface area contributed by atoms with Gasteiger partial charge in [-0.05, 0) is 18.9 Å². The van der Waals surface area contributed by atoms with Crippen LogP contribution in [0.5, 0.6) is 0 Å². The fourth-order valence-electron chi connectivity index (χ4n) is 1.55. The van der Waals surface area contributed by atoms with E-state index in [2.05, 4.69) is 10.4 Å². The Morgan fingerprint density at radius 3 is 2.95 bits per heavy atom. The number of aliphatic hydroxyl groups excluding tert-OH is 1. The van der Waals surface area contributed by atoms with Crippen LogP contribution in [0, 0.1) is 0 Å². The van der Waals surface area contributed by atoms with Crippen molar-refractivity contribution < 1.29 is 14.6 Å². The van der Waals surface area contributed by atoms with Crippen molar-refractivity contribution >= 4 is 5.91 Å². The van der Waals surface area contributed by atoms with Gasteiger partial charge in [-0.2, -0.15) is 5.10 Å². The van der Waals surface area contributed by atoms with Gasteiger partial charge in [0.1, 0.15) is 5.69 Å². The highest BCUT2D eigenvalue weighted by molar-refractivity contribution is 5.91. The number of nitrogens with one attached hydrogen (secondary N) is 1. The predicted molar refractivity (Wildman–Crippen MR) is 73.6 cm³/mol. The number of amides is 1. The van der Waals surface area contributed by atoms with E-state index in [1.54, 1.807) is 0 Å². The smallest absolute Gasteiger partial charge is 0.271 e. The number of aliphatic hydroxyl groups is 1. The van der Waals surface area contributed by atoms with Gasteiger partial charge in [0.25, 0.3) is 11.5 Å². The molecule has 1 unspecified atom stereocenters. The van der Waals surface area contributed by atoms with Crippen molar-refractivity contribution in [3.63, 3.8) is 0 Å². The maximum absolute atomic E-state index is 11.8. The summed E-state index contributed by atoms with van der Waals surface area (Å²) in [6.45, 7) is 2.89. The van der Waals surface area contributed by atoms with E-state index >= 15 is 0 Å². The van der Waals surface area contributed by atoms with E-state index < -0.39 is 6.10 Å². The third kappa shape index (κ3) is 5.10. The van der Waals surface area contributed by atoms with Gasteiger partial charge >= 0.3 is 0 Å². The topological polar surface area (TPSA) is 93.5 Å². The highest BCUT2D eigenvalue weighted by Crippen LogP contribution is 1.96. The van der Waals surface area contributed by atoms with Crippen LogP contribution >= 0.6 is 0 Å². The maximum Gasteiger partial charge on any atom is 0.271 e. The second kappa shape index (κ2) is 8.44. The van der Waals surface area contributed by atoms with Gasteiger partial charge in [-0.1, -0.05) is 6.92 Å². The normalized spacial score (nSPS) is 12.2. The van der Waals surface area contributed by atoms with E-state index in [1.807, 2.05) is 6.92 Å². The molecule has 0 bridgehead atoms. The SMILES string of the molecule is CCC(O)CCNC(=O)c1ccc(=O)n(CCOC)n1. The van der Waals surface area contributed by atoms with E-state index in [4.69, 9.17) is 4.74 Å². The second-order valence-corrected chi connectivity index (χ2v) is 4.38. The molecule has 1 aromatic rings. The number of carbonyl (C=O) groups is 1. The molecule has 0 saturated carbocycles. The molecule has 1 aromatic heterocycles. The van der Waals surface area contributed by atoms with E-state index in [0.717, 1.165) is 0 Å². The predicted octanol–water partition coefficient (Wildman–Crippen LogP) is -0.219. The number of ether oxygens (including phenoxy) is 1. The number of nitrogens with zero attached hydrogens (tertiary/aromatic N) is 2. The van der Waals surface area contributed by atoms with Crippen LogP contribution in [-0.2, 0) is 11.3 Å². The Morgan fingerprint density at radius 2 is 2.30 bits per heavy atom. The van der Waals surface area contributed by atoms with Crippen LogP contribution in [-0.4, -0.2) is 47.2 Å². The van der Waals surface area contributed by atoms with Crippen molar-refractivity contribution in [1.29, 1.82) is 0 Å². The summed E-state index contributed by atoms with van der Waals surface area (Å²) in [5.74, 6) is -0.362. The van der Waals surface area contributed by atoms with E-state index in [-0.39, 0.29) is 17.2 Å². The summed E-state index contributed by atoms with van der Waals surface area (Å²) in [5, 5.41) is 16.0. The monoisotopic (exact) mass is 283 g/mol. The minimum atomic E-state index is -0.418.